The number of hydrogen-bond acceptors (Lipinski definition) is 3. The molecule has 0 saturated carbocycles. The molecule has 2 rings (SSSR count). The smallest absolute Gasteiger partial charge is 0.246 e. The van der Waals surface area contributed by atoms with E-state index in [0.717, 1.165) is 12.8 Å². The van der Waals surface area contributed by atoms with Crippen molar-refractivity contribution in [3.63, 3.8) is 0 Å². The zero-order chi connectivity index (χ0) is 15.1. The molecule has 1 saturated heterocycles. The van der Waals surface area contributed by atoms with Gasteiger partial charge in [-0.25, -0.2) is 8.42 Å². The van der Waals surface area contributed by atoms with Crippen LogP contribution in [0.25, 0.3) is 0 Å². The third-order valence-corrected chi connectivity index (χ3v) is 6.36. The number of sulfonamides is 1. The van der Waals surface area contributed by atoms with Crippen LogP contribution in [0.3, 0.4) is 0 Å². The normalized spacial score (nSPS) is 20.0. The van der Waals surface area contributed by atoms with E-state index in [-0.39, 0.29) is 21.0 Å². The highest BCUT2D eigenvalue weighted by molar-refractivity contribution is 7.89. The summed E-state index contributed by atoms with van der Waals surface area (Å²) >= 11 is 11.8. The number of rotatable bonds is 2. The number of benzene rings is 1. The van der Waals surface area contributed by atoms with Crippen molar-refractivity contribution in [1.29, 1.82) is 0 Å². The Labute approximate surface area is 129 Å². The highest BCUT2D eigenvalue weighted by Gasteiger charge is 2.34. The van der Waals surface area contributed by atoms with Gasteiger partial charge in [-0.3, -0.25) is 0 Å². The Morgan fingerprint density at radius 1 is 1.20 bits per heavy atom. The minimum atomic E-state index is -3.67. The molecular weight excluding hydrogens is 319 g/mol. The van der Waals surface area contributed by atoms with Gasteiger partial charge in [-0.2, -0.15) is 4.31 Å². The number of nitrogens with zero attached hydrogens (tertiary/aromatic N) is 1. The summed E-state index contributed by atoms with van der Waals surface area (Å²) in [5.41, 5.74) is 6.05. The van der Waals surface area contributed by atoms with Gasteiger partial charge < -0.3 is 5.73 Å². The van der Waals surface area contributed by atoms with E-state index in [1.165, 1.54) is 16.4 Å². The minimum absolute atomic E-state index is 0.0386. The van der Waals surface area contributed by atoms with E-state index in [4.69, 9.17) is 28.9 Å². The van der Waals surface area contributed by atoms with Crippen molar-refractivity contribution < 1.29 is 8.42 Å². The molecule has 1 aromatic carbocycles. The molecule has 0 aliphatic carbocycles. The van der Waals surface area contributed by atoms with Gasteiger partial charge in [-0.1, -0.05) is 37.0 Å². The summed E-state index contributed by atoms with van der Waals surface area (Å²) in [4.78, 5) is -0.0386. The van der Waals surface area contributed by atoms with Crippen molar-refractivity contribution in [2.24, 2.45) is 5.41 Å². The van der Waals surface area contributed by atoms with Crippen molar-refractivity contribution in [2.45, 2.75) is 31.6 Å². The molecule has 112 valence electrons. The summed E-state index contributed by atoms with van der Waals surface area (Å²) in [7, 11) is -3.67. The fourth-order valence-corrected chi connectivity index (χ4v) is 4.70. The average Bonchev–Trinajstić information content (AvgIpc) is 2.26. The van der Waals surface area contributed by atoms with Crippen molar-refractivity contribution in [3.05, 3.63) is 22.2 Å². The van der Waals surface area contributed by atoms with Crippen LogP contribution >= 0.6 is 23.2 Å². The first-order valence-corrected chi connectivity index (χ1v) is 8.58. The maximum absolute atomic E-state index is 12.7. The van der Waals surface area contributed by atoms with E-state index in [1.807, 2.05) is 0 Å². The molecule has 20 heavy (non-hydrogen) atoms. The number of nitrogens with two attached hydrogens (primary N) is 1. The topological polar surface area (TPSA) is 63.4 Å². The molecule has 4 nitrogen and oxygen atoms in total. The molecule has 1 aliphatic heterocycles. The lowest BCUT2D eigenvalue weighted by molar-refractivity contribution is 0.196. The Balaban J connectivity index is 2.37. The van der Waals surface area contributed by atoms with E-state index in [2.05, 4.69) is 13.8 Å². The van der Waals surface area contributed by atoms with Crippen LogP contribution in [0.15, 0.2) is 17.0 Å². The van der Waals surface area contributed by atoms with Crippen LogP contribution in [0.5, 0.6) is 0 Å². The van der Waals surface area contributed by atoms with Crippen molar-refractivity contribution in [2.75, 3.05) is 18.8 Å². The van der Waals surface area contributed by atoms with Gasteiger partial charge in [0.15, 0.2) is 0 Å². The van der Waals surface area contributed by atoms with E-state index in [1.54, 1.807) is 0 Å². The second kappa shape index (κ2) is 5.37. The lowest BCUT2D eigenvalue weighted by Crippen LogP contribution is -2.41. The van der Waals surface area contributed by atoms with E-state index in [0.29, 0.717) is 18.1 Å². The van der Waals surface area contributed by atoms with Gasteiger partial charge in [0.05, 0.1) is 10.7 Å². The third kappa shape index (κ3) is 3.06. The number of piperidine rings is 1. The predicted octanol–water partition coefficient (Wildman–Crippen LogP) is 3.39. The Kier molecular flexibility index (Phi) is 4.27. The van der Waals surface area contributed by atoms with Gasteiger partial charge in [0.25, 0.3) is 0 Å². The zero-order valence-electron chi connectivity index (χ0n) is 11.5. The van der Waals surface area contributed by atoms with Gasteiger partial charge >= 0.3 is 0 Å². The van der Waals surface area contributed by atoms with Crippen LogP contribution in [-0.2, 0) is 10.0 Å². The molecule has 0 aromatic heterocycles. The molecule has 0 unspecified atom stereocenters. The molecular formula is C13H18Cl2N2O2S. The Morgan fingerprint density at radius 2 is 1.75 bits per heavy atom. The highest BCUT2D eigenvalue weighted by Crippen LogP contribution is 2.37. The Morgan fingerprint density at radius 3 is 2.25 bits per heavy atom. The van der Waals surface area contributed by atoms with Gasteiger partial charge in [-0.05, 0) is 30.4 Å². The predicted molar refractivity (Wildman–Crippen MR) is 82.6 cm³/mol. The lowest BCUT2D eigenvalue weighted by Gasteiger charge is -2.36. The molecule has 0 bridgehead atoms. The molecule has 1 aromatic rings. The van der Waals surface area contributed by atoms with E-state index < -0.39 is 10.0 Å². The lowest BCUT2D eigenvalue weighted by atomic mass is 9.83. The molecule has 1 fully saturated rings. The maximum atomic E-state index is 12.7. The first-order valence-electron chi connectivity index (χ1n) is 6.38. The fourth-order valence-electron chi connectivity index (χ4n) is 2.31. The van der Waals surface area contributed by atoms with Crippen molar-refractivity contribution >= 4 is 38.9 Å². The van der Waals surface area contributed by atoms with E-state index >= 15 is 0 Å². The number of anilines is 1. The first-order chi connectivity index (χ1) is 9.13. The van der Waals surface area contributed by atoms with Crippen LogP contribution in [0.1, 0.15) is 26.7 Å². The van der Waals surface area contributed by atoms with Crippen LogP contribution in [-0.4, -0.2) is 25.8 Å². The summed E-state index contributed by atoms with van der Waals surface area (Å²) in [6.45, 7) is 5.24. The summed E-state index contributed by atoms with van der Waals surface area (Å²) in [6.07, 6.45) is 1.63. The summed E-state index contributed by atoms with van der Waals surface area (Å²) in [5, 5.41) is 0.395. The zero-order valence-corrected chi connectivity index (χ0v) is 13.8. The van der Waals surface area contributed by atoms with Gasteiger partial charge in [-0.15, -0.1) is 0 Å². The van der Waals surface area contributed by atoms with Gasteiger partial charge in [0.1, 0.15) is 4.90 Å². The Hall–Kier alpha value is -0.490. The average molecular weight is 337 g/mol. The molecule has 1 aliphatic rings. The van der Waals surface area contributed by atoms with Gasteiger partial charge in [0, 0.05) is 18.1 Å². The SMILES string of the molecule is CC1(C)CCN(S(=O)(=O)c2c(N)cc(Cl)cc2Cl)CC1. The molecule has 2 N–H and O–H groups in total. The van der Waals surface area contributed by atoms with Crippen LogP contribution < -0.4 is 5.73 Å². The maximum Gasteiger partial charge on any atom is 0.246 e. The molecule has 1 heterocycles. The second-order valence-electron chi connectivity index (χ2n) is 5.87. The number of hydrogen-bond donors (Lipinski definition) is 1. The second-order valence-corrected chi connectivity index (χ2v) is 8.59. The number of nitrogen functional groups attached to an aromatic ring is 1. The number of halogens is 2. The third-order valence-electron chi connectivity index (χ3n) is 3.71. The summed E-state index contributed by atoms with van der Waals surface area (Å²) < 4.78 is 26.8. The highest BCUT2D eigenvalue weighted by atomic mass is 35.5. The first kappa shape index (κ1) is 15.9. The summed E-state index contributed by atoms with van der Waals surface area (Å²) in [5.74, 6) is 0. The van der Waals surface area contributed by atoms with Crippen molar-refractivity contribution in [3.8, 4) is 0 Å². The standard InChI is InChI=1S/C13H18Cl2N2O2S/c1-13(2)3-5-17(6-4-13)20(18,19)12-10(15)7-9(14)8-11(12)16/h7-8H,3-6,16H2,1-2H3. The summed E-state index contributed by atoms with van der Waals surface area (Å²) in [6, 6.07) is 2.81. The van der Waals surface area contributed by atoms with Crippen LogP contribution in [0.2, 0.25) is 10.0 Å². The van der Waals surface area contributed by atoms with Crippen LogP contribution in [0.4, 0.5) is 5.69 Å². The minimum Gasteiger partial charge on any atom is -0.398 e. The Bertz CT molecular complexity index is 596. The quantitative estimate of drug-likeness (QED) is 0.842. The fraction of sp³-hybridized carbons (Fsp3) is 0.538. The van der Waals surface area contributed by atoms with Gasteiger partial charge in [0.2, 0.25) is 10.0 Å². The van der Waals surface area contributed by atoms with Crippen molar-refractivity contribution in [1.82, 2.24) is 4.31 Å². The largest absolute Gasteiger partial charge is 0.398 e. The molecule has 0 radical (unpaired) electrons. The molecule has 7 heteroatoms. The van der Waals surface area contributed by atoms with Crippen LogP contribution in [0, 0.1) is 5.41 Å². The van der Waals surface area contributed by atoms with E-state index in [9.17, 15) is 8.42 Å². The monoisotopic (exact) mass is 336 g/mol. The molecule has 0 atom stereocenters. The molecule has 0 amide bonds. The molecule has 0 spiro atoms.